The number of hydrogen-bond donors (Lipinski definition) is 0. The standard InChI is InChI=1S/C19H17N3O5S2/c1-11-8-14(26-3)4-5-15(11)13(9-12(2)23)10-28-19-21-20-18(29-19)16-6-7-17(27-16)22(24)25/h4-9H,10H2,1-3H3/b13-9-. The van der Waals surface area contributed by atoms with E-state index in [9.17, 15) is 14.9 Å². The van der Waals surface area contributed by atoms with E-state index in [1.54, 1.807) is 13.2 Å². The van der Waals surface area contributed by atoms with Gasteiger partial charge in [-0.05, 0) is 54.8 Å². The molecule has 1 aromatic carbocycles. The Morgan fingerprint density at radius 1 is 1.34 bits per heavy atom. The highest BCUT2D eigenvalue weighted by Crippen LogP contribution is 2.34. The van der Waals surface area contributed by atoms with E-state index in [1.807, 2.05) is 25.1 Å². The van der Waals surface area contributed by atoms with Crippen LogP contribution in [0.1, 0.15) is 18.1 Å². The van der Waals surface area contributed by atoms with Crippen LogP contribution in [0.4, 0.5) is 5.88 Å². The molecule has 8 nitrogen and oxygen atoms in total. The van der Waals surface area contributed by atoms with Crippen LogP contribution < -0.4 is 4.74 Å². The molecule has 0 saturated heterocycles. The fourth-order valence-corrected chi connectivity index (χ4v) is 4.42. The van der Waals surface area contributed by atoms with E-state index in [4.69, 9.17) is 9.15 Å². The molecule has 0 atom stereocenters. The van der Waals surface area contributed by atoms with Gasteiger partial charge in [0.15, 0.2) is 20.9 Å². The second-order valence-corrected chi connectivity index (χ2v) is 8.22. The Morgan fingerprint density at radius 3 is 2.76 bits per heavy atom. The van der Waals surface area contributed by atoms with Gasteiger partial charge in [-0.2, -0.15) is 0 Å². The smallest absolute Gasteiger partial charge is 0.433 e. The highest BCUT2D eigenvalue weighted by molar-refractivity contribution is 8.01. The zero-order valence-corrected chi connectivity index (χ0v) is 17.5. The lowest BCUT2D eigenvalue weighted by molar-refractivity contribution is -0.401. The molecule has 10 heteroatoms. The minimum atomic E-state index is -0.601. The third-order valence-corrected chi connectivity index (χ3v) is 6.02. The normalized spacial score (nSPS) is 11.5. The van der Waals surface area contributed by atoms with Gasteiger partial charge in [0.05, 0.1) is 13.2 Å². The highest BCUT2D eigenvalue weighted by Gasteiger charge is 2.17. The summed E-state index contributed by atoms with van der Waals surface area (Å²) in [6.45, 7) is 3.47. The van der Waals surface area contributed by atoms with Gasteiger partial charge < -0.3 is 9.15 Å². The monoisotopic (exact) mass is 431 g/mol. The molecular formula is C19H17N3O5S2. The lowest BCUT2D eigenvalue weighted by Gasteiger charge is -2.11. The summed E-state index contributed by atoms with van der Waals surface area (Å²) in [7, 11) is 1.61. The van der Waals surface area contributed by atoms with Gasteiger partial charge in [0, 0.05) is 5.75 Å². The Kier molecular flexibility index (Phi) is 6.45. The van der Waals surface area contributed by atoms with Crippen molar-refractivity contribution in [3.05, 3.63) is 57.6 Å². The first kappa shape index (κ1) is 20.7. The zero-order valence-electron chi connectivity index (χ0n) is 15.9. The van der Waals surface area contributed by atoms with Crippen LogP contribution in [0.25, 0.3) is 16.3 Å². The number of allylic oxidation sites excluding steroid dienone is 1. The molecule has 0 aliphatic carbocycles. The number of carbonyl (C=O) groups is 1. The molecule has 29 heavy (non-hydrogen) atoms. The molecule has 0 fully saturated rings. The van der Waals surface area contributed by atoms with Crippen LogP contribution in [-0.4, -0.2) is 33.8 Å². The second kappa shape index (κ2) is 9.01. The number of nitro groups is 1. The van der Waals surface area contributed by atoms with Gasteiger partial charge >= 0.3 is 5.88 Å². The molecule has 0 saturated carbocycles. The number of benzene rings is 1. The number of aryl methyl sites for hydroxylation is 1. The van der Waals surface area contributed by atoms with Crippen LogP contribution in [0.15, 0.2) is 45.2 Å². The van der Waals surface area contributed by atoms with E-state index >= 15 is 0 Å². The minimum absolute atomic E-state index is 0.0448. The van der Waals surface area contributed by atoms with E-state index < -0.39 is 4.92 Å². The number of aromatic nitrogens is 2. The van der Waals surface area contributed by atoms with Crippen molar-refractivity contribution in [2.75, 3.05) is 12.9 Å². The number of ketones is 1. The van der Waals surface area contributed by atoms with Crippen LogP contribution in [0.5, 0.6) is 5.75 Å². The largest absolute Gasteiger partial charge is 0.497 e. The number of thioether (sulfide) groups is 1. The average Bonchev–Trinajstić information content (AvgIpc) is 3.34. The third-order valence-electron chi connectivity index (χ3n) is 3.90. The number of hydrogen-bond acceptors (Lipinski definition) is 9. The fraction of sp³-hybridized carbons (Fsp3) is 0.211. The molecule has 0 bridgehead atoms. The number of furan rings is 1. The summed E-state index contributed by atoms with van der Waals surface area (Å²) in [6.07, 6.45) is 1.61. The number of ether oxygens (including phenoxy) is 1. The van der Waals surface area contributed by atoms with Crippen molar-refractivity contribution in [2.45, 2.75) is 18.2 Å². The average molecular weight is 431 g/mol. The van der Waals surface area contributed by atoms with E-state index in [1.165, 1.54) is 42.2 Å². The Morgan fingerprint density at radius 2 is 2.14 bits per heavy atom. The maximum atomic E-state index is 11.7. The van der Waals surface area contributed by atoms with Gasteiger partial charge in [0.2, 0.25) is 0 Å². The number of methoxy groups -OCH3 is 1. The second-order valence-electron chi connectivity index (χ2n) is 6.02. The van der Waals surface area contributed by atoms with Crippen LogP contribution in [-0.2, 0) is 4.79 Å². The predicted molar refractivity (Wildman–Crippen MR) is 111 cm³/mol. The molecule has 0 aliphatic heterocycles. The fourth-order valence-electron chi connectivity index (χ4n) is 2.61. The molecule has 0 unspecified atom stereocenters. The number of rotatable bonds is 8. The summed E-state index contributed by atoms with van der Waals surface area (Å²) in [4.78, 5) is 21.9. The first-order valence-electron chi connectivity index (χ1n) is 8.44. The SMILES string of the molecule is COc1ccc(/C(=C\C(C)=O)CSc2nnc(-c3ccc([N+](=O)[O-])o3)s2)c(C)c1. The molecule has 2 aromatic heterocycles. The third kappa shape index (κ3) is 5.09. The van der Waals surface area contributed by atoms with E-state index in [2.05, 4.69) is 10.2 Å². The van der Waals surface area contributed by atoms with E-state index in [-0.39, 0.29) is 11.7 Å². The molecule has 2 heterocycles. The van der Waals surface area contributed by atoms with Crippen molar-refractivity contribution in [1.29, 1.82) is 0 Å². The molecule has 0 aliphatic rings. The predicted octanol–water partition coefficient (Wildman–Crippen LogP) is 4.79. The van der Waals surface area contributed by atoms with Crippen molar-refractivity contribution in [1.82, 2.24) is 10.2 Å². The lowest BCUT2D eigenvalue weighted by Crippen LogP contribution is -1.96. The van der Waals surface area contributed by atoms with Gasteiger partial charge in [0.1, 0.15) is 10.7 Å². The zero-order chi connectivity index (χ0) is 21.0. The van der Waals surface area contributed by atoms with Gasteiger partial charge in [-0.15, -0.1) is 10.2 Å². The van der Waals surface area contributed by atoms with Gasteiger partial charge in [-0.3, -0.25) is 14.9 Å². The Hall–Kier alpha value is -2.98. The number of nitrogens with zero attached hydrogens (tertiary/aromatic N) is 3. The van der Waals surface area contributed by atoms with Crippen LogP contribution in [0.2, 0.25) is 0 Å². The topological polar surface area (TPSA) is 108 Å². The van der Waals surface area contributed by atoms with Gasteiger partial charge in [-0.1, -0.05) is 29.2 Å². The maximum Gasteiger partial charge on any atom is 0.433 e. The van der Waals surface area contributed by atoms with Crippen molar-refractivity contribution in [2.24, 2.45) is 0 Å². The van der Waals surface area contributed by atoms with E-state index in [0.717, 1.165) is 22.4 Å². The lowest BCUT2D eigenvalue weighted by atomic mass is 10.0. The molecule has 0 amide bonds. The first-order chi connectivity index (χ1) is 13.9. The summed E-state index contributed by atoms with van der Waals surface area (Å²) < 4.78 is 11.1. The Labute approximate surface area is 174 Å². The van der Waals surface area contributed by atoms with Crippen LogP contribution >= 0.6 is 23.1 Å². The highest BCUT2D eigenvalue weighted by atomic mass is 32.2. The molecule has 3 aromatic rings. The van der Waals surface area contributed by atoms with Gasteiger partial charge in [0.25, 0.3) is 0 Å². The van der Waals surface area contributed by atoms with Crippen LogP contribution in [0, 0.1) is 17.0 Å². The summed E-state index contributed by atoms with van der Waals surface area (Å²) >= 11 is 2.70. The molecule has 0 N–H and O–H groups in total. The van der Waals surface area contributed by atoms with Crippen molar-refractivity contribution in [3.63, 3.8) is 0 Å². The van der Waals surface area contributed by atoms with Crippen molar-refractivity contribution in [3.8, 4) is 16.5 Å². The summed E-state index contributed by atoms with van der Waals surface area (Å²) in [5.74, 6) is 1.18. The summed E-state index contributed by atoms with van der Waals surface area (Å²) in [6, 6.07) is 8.48. The van der Waals surface area contributed by atoms with Crippen molar-refractivity contribution >= 4 is 40.3 Å². The molecule has 3 rings (SSSR count). The molecule has 0 radical (unpaired) electrons. The maximum absolute atomic E-state index is 11.7. The summed E-state index contributed by atoms with van der Waals surface area (Å²) in [5, 5.41) is 19.4. The Balaban J connectivity index is 1.78. The molecular weight excluding hydrogens is 414 g/mol. The quantitative estimate of drug-likeness (QED) is 0.217. The van der Waals surface area contributed by atoms with Gasteiger partial charge in [-0.25, -0.2) is 0 Å². The van der Waals surface area contributed by atoms with Crippen LogP contribution in [0.3, 0.4) is 0 Å². The number of carbonyl (C=O) groups excluding carboxylic acids is 1. The minimum Gasteiger partial charge on any atom is -0.497 e. The molecule has 150 valence electrons. The van der Waals surface area contributed by atoms with Crippen molar-refractivity contribution < 1.29 is 18.9 Å². The molecule has 0 spiro atoms. The Bertz CT molecular complexity index is 1090. The summed E-state index contributed by atoms with van der Waals surface area (Å²) in [5.41, 5.74) is 2.83. The first-order valence-corrected chi connectivity index (χ1v) is 10.2. The van der Waals surface area contributed by atoms with E-state index in [0.29, 0.717) is 20.9 Å².